The molecule has 2 saturated heterocycles. The standard InChI is InChI=1S/C12H16N2O4S3/c15-12(13-3-5-18-6-4-13)10-8-19-9-14(10)21(16,17)11-2-1-7-20-11/h1-2,7,10H,3-6,8-9H2/t10-/m1/s1. The van der Waals surface area contributed by atoms with Crippen LogP contribution in [0.4, 0.5) is 0 Å². The molecule has 9 heteroatoms. The Bertz CT molecular complexity index is 596. The minimum absolute atomic E-state index is 0.108. The van der Waals surface area contributed by atoms with E-state index in [2.05, 4.69) is 0 Å². The molecule has 116 valence electrons. The number of amides is 1. The smallest absolute Gasteiger partial charge is 0.254 e. The largest absolute Gasteiger partial charge is 0.378 e. The van der Waals surface area contributed by atoms with Gasteiger partial charge in [0, 0.05) is 18.8 Å². The highest BCUT2D eigenvalue weighted by molar-refractivity contribution is 8.01. The van der Waals surface area contributed by atoms with Gasteiger partial charge in [-0.3, -0.25) is 4.79 Å². The Morgan fingerprint density at radius 1 is 1.33 bits per heavy atom. The Morgan fingerprint density at radius 3 is 2.76 bits per heavy atom. The normalized spacial score (nSPS) is 24.4. The lowest BCUT2D eigenvalue weighted by molar-refractivity contribution is -0.138. The van der Waals surface area contributed by atoms with Gasteiger partial charge in [0.25, 0.3) is 10.0 Å². The maximum Gasteiger partial charge on any atom is 0.254 e. The molecule has 1 aromatic heterocycles. The number of sulfonamides is 1. The number of carbonyl (C=O) groups is 1. The Balaban J connectivity index is 1.81. The van der Waals surface area contributed by atoms with E-state index in [0.29, 0.717) is 42.1 Å². The number of ether oxygens (including phenoxy) is 1. The third-order valence-corrected chi connectivity index (χ3v) is 7.91. The summed E-state index contributed by atoms with van der Waals surface area (Å²) in [7, 11) is -3.58. The minimum atomic E-state index is -3.58. The number of thioether (sulfide) groups is 1. The Hall–Kier alpha value is -0.610. The molecule has 3 rings (SSSR count). The van der Waals surface area contributed by atoms with Crippen molar-refractivity contribution in [2.45, 2.75) is 10.3 Å². The molecular weight excluding hydrogens is 332 g/mol. The fourth-order valence-electron chi connectivity index (χ4n) is 2.38. The molecule has 2 aliphatic heterocycles. The summed E-state index contributed by atoms with van der Waals surface area (Å²) < 4.78 is 32.1. The van der Waals surface area contributed by atoms with Crippen molar-refractivity contribution in [1.82, 2.24) is 9.21 Å². The topological polar surface area (TPSA) is 66.9 Å². The summed E-state index contributed by atoms with van der Waals surface area (Å²) >= 11 is 2.66. The molecule has 0 N–H and O–H groups in total. The molecule has 2 aliphatic rings. The first-order valence-corrected chi connectivity index (χ1v) is 10.1. The van der Waals surface area contributed by atoms with Crippen LogP contribution in [0.1, 0.15) is 0 Å². The summed E-state index contributed by atoms with van der Waals surface area (Å²) in [6.45, 7) is 2.10. The Labute approximate surface area is 132 Å². The second-order valence-corrected chi connectivity index (χ2v) is 8.84. The zero-order chi connectivity index (χ0) is 14.9. The van der Waals surface area contributed by atoms with E-state index in [1.54, 1.807) is 22.4 Å². The second kappa shape index (κ2) is 6.25. The molecule has 1 amide bonds. The van der Waals surface area contributed by atoms with Crippen molar-refractivity contribution in [3.05, 3.63) is 17.5 Å². The van der Waals surface area contributed by atoms with Crippen molar-refractivity contribution in [3.63, 3.8) is 0 Å². The number of nitrogens with zero attached hydrogens (tertiary/aromatic N) is 2. The third kappa shape index (κ3) is 2.98. The van der Waals surface area contributed by atoms with Gasteiger partial charge < -0.3 is 9.64 Å². The molecule has 0 spiro atoms. The van der Waals surface area contributed by atoms with E-state index in [-0.39, 0.29) is 5.91 Å². The van der Waals surface area contributed by atoms with Crippen molar-refractivity contribution in [3.8, 4) is 0 Å². The highest BCUT2D eigenvalue weighted by Gasteiger charge is 2.42. The molecule has 0 bridgehead atoms. The first kappa shape index (κ1) is 15.3. The molecule has 21 heavy (non-hydrogen) atoms. The first-order chi connectivity index (χ1) is 10.1. The van der Waals surface area contributed by atoms with Gasteiger partial charge in [-0.05, 0) is 11.4 Å². The van der Waals surface area contributed by atoms with E-state index in [9.17, 15) is 13.2 Å². The van der Waals surface area contributed by atoms with Crippen molar-refractivity contribution >= 4 is 39.0 Å². The molecule has 3 heterocycles. The van der Waals surface area contributed by atoms with E-state index in [1.807, 2.05) is 0 Å². The van der Waals surface area contributed by atoms with E-state index in [0.717, 1.165) is 0 Å². The first-order valence-electron chi connectivity index (χ1n) is 6.60. The average molecular weight is 348 g/mol. The summed E-state index contributed by atoms with van der Waals surface area (Å²) in [5.74, 6) is 0.741. The van der Waals surface area contributed by atoms with Crippen molar-refractivity contribution in [2.24, 2.45) is 0 Å². The average Bonchev–Trinajstić information content (AvgIpc) is 3.19. The van der Waals surface area contributed by atoms with Crippen LogP contribution < -0.4 is 0 Å². The lowest BCUT2D eigenvalue weighted by Crippen LogP contribution is -2.51. The molecule has 1 aromatic rings. The fraction of sp³-hybridized carbons (Fsp3) is 0.583. The van der Waals surface area contributed by atoms with Crippen LogP contribution in [-0.2, 0) is 19.6 Å². The van der Waals surface area contributed by atoms with Gasteiger partial charge in [0.1, 0.15) is 10.3 Å². The molecule has 2 fully saturated rings. The minimum Gasteiger partial charge on any atom is -0.378 e. The highest BCUT2D eigenvalue weighted by atomic mass is 32.2. The van der Waals surface area contributed by atoms with Crippen LogP contribution in [0.5, 0.6) is 0 Å². The van der Waals surface area contributed by atoms with Gasteiger partial charge in [-0.25, -0.2) is 8.42 Å². The molecule has 0 radical (unpaired) electrons. The number of morpholine rings is 1. The maximum absolute atomic E-state index is 12.6. The van der Waals surface area contributed by atoms with Crippen LogP contribution in [-0.4, -0.2) is 67.5 Å². The zero-order valence-corrected chi connectivity index (χ0v) is 13.8. The molecule has 6 nitrogen and oxygen atoms in total. The third-order valence-electron chi connectivity index (χ3n) is 3.51. The number of thiophene rings is 1. The van der Waals surface area contributed by atoms with Crippen LogP contribution >= 0.6 is 23.1 Å². The van der Waals surface area contributed by atoms with Gasteiger partial charge >= 0.3 is 0 Å². The Kier molecular flexibility index (Phi) is 4.55. The fourth-order valence-corrected chi connectivity index (χ4v) is 6.63. The predicted octanol–water partition coefficient (Wildman–Crippen LogP) is 0.671. The zero-order valence-electron chi connectivity index (χ0n) is 11.3. The van der Waals surface area contributed by atoms with E-state index >= 15 is 0 Å². The van der Waals surface area contributed by atoms with Crippen molar-refractivity contribution < 1.29 is 17.9 Å². The van der Waals surface area contributed by atoms with Crippen LogP contribution in [0.25, 0.3) is 0 Å². The SMILES string of the molecule is O=C([C@H]1CSCN1S(=O)(=O)c1cccs1)N1CCOCC1. The highest BCUT2D eigenvalue weighted by Crippen LogP contribution is 2.31. The van der Waals surface area contributed by atoms with Crippen LogP contribution in [0.2, 0.25) is 0 Å². The quantitative estimate of drug-likeness (QED) is 0.803. The van der Waals surface area contributed by atoms with Gasteiger partial charge in [-0.2, -0.15) is 4.31 Å². The van der Waals surface area contributed by atoms with E-state index < -0.39 is 16.1 Å². The maximum atomic E-state index is 12.6. The Morgan fingerprint density at radius 2 is 2.10 bits per heavy atom. The van der Waals surface area contributed by atoms with Crippen LogP contribution in [0.3, 0.4) is 0 Å². The van der Waals surface area contributed by atoms with Gasteiger partial charge in [0.05, 0.1) is 19.1 Å². The number of carbonyl (C=O) groups excluding carboxylic acids is 1. The van der Waals surface area contributed by atoms with Gasteiger partial charge in [-0.15, -0.1) is 23.1 Å². The second-order valence-electron chi connectivity index (χ2n) is 4.78. The number of rotatable bonds is 3. The molecule has 0 aromatic carbocycles. The molecule has 0 saturated carbocycles. The van der Waals surface area contributed by atoms with E-state index in [4.69, 9.17) is 4.74 Å². The summed E-state index contributed by atoms with van der Waals surface area (Å²) in [5.41, 5.74) is 0. The molecule has 0 aliphatic carbocycles. The van der Waals surface area contributed by atoms with Crippen molar-refractivity contribution in [2.75, 3.05) is 37.9 Å². The predicted molar refractivity (Wildman–Crippen MR) is 81.9 cm³/mol. The van der Waals surface area contributed by atoms with E-state index in [1.165, 1.54) is 27.4 Å². The number of hydrogen-bond donors (Lipinski definition) is 0. The lowest BCUT2D eigenvalue weighted by atomic mass is 10.2. The van der Waals surface area contributed by atoms with Gasteiger partial charge in [-0.1, -0.05) is 6.07 Å². The summed E-state index contributed by atoms with van der Waals surface area (Å²) in [5, 5.41) is 1.73. The summed E-state index contributed by atoms with van der Waals surface area (Å²) in [6, 6.07) is 2.69. The molecular formula is C12H16N2O4S3. The summed E-state index contributed by atoms with van der Waals surface area (Å²) in [4.78, 5) is 14.3. The lowest BCUT2D eigenvalue weighted by Gasteiger charge is -2.31. The molecule has 1 atom stereocenters. The van der Waals surface area contributed by atoms with Crippen molar-refractivity contribution in [1.29, 1.82) is 0 Å². The molecule has 0 unspecified atom stereocenters. The van der Waals surface area contributed by atoms with Crippen LogP contribution in [0.15, 0.2) is 21.7 Å². The van der Waals surface area contributed by atoms with Crippen LogP contribution in [0, 0.1) is 0 Å². The monoisotopic (exact) mass is 348 g/mol. The van der Waals surface area contributed by atoms with Gasteiger partial charge in [0.15, 0.2) is 0 Å². The summed E-state index contributed by atoms with van der Waals surface area (Å²) in [6.07, 6.45) is 0. The number of hydrogen-bond acceptors (Lipinski definition) is 6. The van der Waals surface area contributed by atoms with Gasteiger partial charge in [0.2, 0.25) is 5.91 Å².